The van der Waals surface area contributed by atoms with Crippen LogP contribution in [0.2, 0.25) is 5.02 Å². The minimum atomic E-state index is 0.767. The molecule has 1 aromatic heterocycles. The van der Waals surface area contributed by atoms with Crippen LogP contribution in [0.25, 0.3) is 0 Å². The fourth-order valence-corrected chi connectivity index (χ4v) is 4.06. The zero-order chi connectivity index (χ0) is 14.7. The molecule has 1 saturated carbocycles. The Kier molecular flexibility index (Phi) is 5.02. The molecular formula is C17H26ClN3. The maximum atomic E-state index is 6.38. The second kappa shape index (κ2) is 6.97. The number of piperidine rings is 1. The average Bonchev–Trinajstić information content (AvgIpc) is 2.97. The molecule has 1 aliphatic heterocycles. The molecule has 3 nitrogen and oxygen atoms in total. The maximum absolute atomic E-state index is 6.38. The lowest BCUT2D eigenvalue weighted by Crippen LogP contribution is -2.42. The van der Waals surface area contributed by atoms with Gasteiger partial charge in [-0.05, 0) is 56.7 Å². The summed E-state index contributed by atoms with van der Waals surface area (Å²) in [6.07, 6.45) is 8.02. The molecule has 1 saturated heterocycles. The van der Waals surface area contributed by atoms with Crippen LogP contribution in [-0.2, 0) is 6.54 Å². The molecule has 1 N–H and O–H groups in total. The molecule has 2 aliphatic rings. The first-order valence-corrected chi connectivity index (χ1v) is 8.79. The van der Waals surface area contributed by atoms with Crippen molar-refractivity contribution in [2.24, 2.45) is 5.92 Å². The fraction of sp³-hybridized carbons (Fsp3) is 0.706. The van der Waals surface area contributed by atoms with Crippen molar-refractivity contribution in [3.8, 4) is 0 Å². The molecule has 0 spiro atoms. The Morgan fingerprint density at radius 1 is 1.29 bits per heavy atom. The lowest BCUT2D eigenvalue weighted by molar-refractivity contribution is 0.104. The van der Waals surface area contributed by atoms with E-state index in [-0.39, 0.29) is 0 Å². The Labute approximate surface area is 133 Å². The normalized spacial score (nSPS) is 25.8. The molecule has 2 fully saturated rings. The third-order valence-corrected chi connectivity index (χ3v) is 5.28. The highest BCUT2D eigenvalue weighted by Crippen LogP contribution is 2.37. The number of halogens is 1. The van der Waals surface area contributed by atoms with Gasteiger partial charge in [-0.1, -0.05) is 24.9 Å². The molecule has 0 aromatic carbocycles. The number of nitrogens with one attached hydrogen (secondary N) is 1. The van der Waals surface area contributed by atoms with Crippen molar-refractivity contribution < 1.29 is 0 Å². The number of hydrogen-bond donors (Lipinski definition) is 1. The summed E-state index contributed by atoms with van der Waals surface area (Å²) >= 11 is 6.38. The maximum Gasteiger partial charge on any atom is 0.126 e. The van der Waals surface area contributed by atoms with Gasteiger partial charge in [0.1, 0.15) is 5.82 Å². The Hall–Kier alpha value is -0.800. The molecule has 2 unspecified atom stereocenters. The van der Waals surface area contributed by atoms with Crippen LogP contribution in [0.3, 0.4) is 0 Å². The van der Waals surface area contributed by atoms with Crippen LogP contribution >= 0.6 is 11.6 Å². The Morgan fingerprint density at radius 2 is 2.14 bits per heavy atom. The summed E-state index contributed by atoms with van der Waals surface area (Å²) in [6, 6.07) is 4.73. The summed E-state index contributed by atoms with van der Waals surface area (Å²) in [5.74, 6) is 1.87. The quantitative estimate of drug-likeness (QED) is 0.878. The molecule has 0 bridgehead atoms. The van der Waals surface area contributed by atoms with E-state index in [1.807, 2.05) is 12.1 Å². The van der Waals surface area contributed by atoms with Crippen LogP contribution in [0.5, 0.6) is 0 Å². The third kappa shape index (κ3) is 3.51. The number of rotatable bonds is 5. The van der Waals surface area contributed by atoms with Gasteiger partial charge in [0.05, 0.1) is 10.7 Å². The van der Waals surface area contributed by atoms with Crippen molar-refractivity contribution in [3.05, 3.63) is 22.8 Å². The first-order chi connectivity index (χ1) is 10.3. The molecule has 21 heavy (non-hydrogen) atoms. The zero-order valence-electron chi connectivity index (χ0n) is 12.9. The molecule has 4 heteroatoms. The number of aromatic nitrogens is 1. The van der Waals surface area contributed by atoms with Gasteiger partial charge in [-0.3, -0.25) is 4.90 Å². The van der Waals surface area contributed by atoms with Gasteiger partial charge in [0.2, 0.25) is 0 Å². The lowest BCUT2D eigenvalue weighted by Gasteiger charge is -2.37. The molecule has 3 rings (SSSR count). The van der Waals surface area contributed by atoms with Crippen molar-refractivity contribution >= 4 is 17.4 Å². The van der Waals surface area contributed by atoms with E-state index in [9.17, 15) is 0 Å². The molecule has 2 heterocycles. The van der Waals surface area contributed by atoms with Crippen LogP contribution in [0.15, 0.2) is 12.1 Å². The lowest BCUT2D eigenvalue weighted by atomic mass is 9.92. The average molecular weight is 308 g/mol. The van der Waals surface area contributed by atoms with Crippen LogP contribution in [0, 0.1) is 5.92 Å². The van der Waals surface area contributed by atoms with E-state index in [0.29, 0.717) is 0 Å². The molecule has 0 radical (unpaired) electrons. The van der Waals surface area contributed by atoms with Gasteiger partial charge < -0.3 is 5.32 Å². The third-order valence-electron chi connectivity index (χ3n) is 4.94. The van der Waals surface area contributed by atoms with E-state index in [1.165, 1.54) is 38.6 Å². The largest absolute Gasteiger partial charge is 0.370 e. The predicted molar refractivity (Wildman–Crippen MR) is 88.8 cm³/mol. The number of nitrogens with zero attached hydrogens (tertiary/aromatic N) is 2. The summed E-state index contributed by atoms with van der Waals surface area (Å²) < 4.78 is 0. The molecule has 1 aliphatic carbocycles. The number of pyridine rings is 1. The van der Waals surface area contributed by atoms with Gasteiger partial charge in [0.15, 0.2) is 0 Å². The standard InChI is InChI=1S/C17H26ClN3/c1-2-10-19-17-9-8-14(18)15(20-17)12-21-11-4-6-13-5-3-7-16(13)21/h8-9,13,16H,2-7,10-12H2,1H3,(H,19,20). The van der Waals surface area contributed by atoms with Crippen molar-refractivity contribution in [3.63, 3.8) is 0 Å². The van der Waals surface area contributed by atoms with E-state index in [1.54, 1.807) is 0 Å². The Balaban J connectivity index is 1.71. The van der Waals surface area contributed by atoms with E-state index in [4.69, 9.17) is 16.6 Å². The summed E-state index contributed by atoms with van der Waals surface area (Å²) in [6.45, 7) is 5.23. The second-order valence-electron chi connectivity index (χ2n) is 6.42. The first kappa shape index (κ1) is 15.1. The van der Waals surface area contributed by atoms with Crippen LogP contribution in [-0.4, -0.2) is 29.0 Å². The highest BCUT2D eigenvalue weighted by atomic mass is 35.5. The number of hydrogen-bond acceptors (Lipinski definition) is 3. The summed E-state index contributed by atoms with van der Waals surface area (Å²) in [5, 5.41) is 4.16. The van der Waals surface area contributed by atoms with Crippen LogP contribution in [0.1, 0.15) is 51.1 Å². The molecule has 2 atom stereocenters. The van der Waals surface area contributed by atoms with Crippen molar-refractivity contribution in [1.29, 1.82) is 0 Å². The predicted octanol–water partition coefficient (Wildman–Crippen LogP) is 4.32. The topological polar surface area (TPSA) is 28.2 Å². The van der Waals surface area contributed by atoms with Crippen molar-refractivity contribution in [2.75, 3.05) is 18.4 Å². The number of anilines is 1. The van der Waals surface area contributed by atoms with E-state index in [2.05, 4.69) is 17.1 Å². The molecule has 1 aromatic rings. The molecule has 116 valence electrons. The smallest absolute Gasteiger partial charge is 0.126 e. The van der Waals surface area contributed by atoms with Gasteiger partial charge in [0, 0.05) is 19.1 Å². The second-order valence-corrected chi connectivity index (χ2v) is 6.83. The van der Waals surface area contributed by atoms with Crippen molar-refractivity contribution in [1.82, 2.24) is 9.88 Å². The fourth-order valence-electron chi connectivity index (χ4n) is 3.89. The zero-order valence-corrected chi connectivity index (χ0v) is 13.7. The van der Waals surface area contributed by atoms with Gasteiger partial charge in [-0.15, -0.1) is 0 Å². The Bertz CT molecular complexity index is 477. The summed E-state index contributed by atoms with van der Waals surface area (Å²) in [7, 11) is 0. The molecular weight excluding hydrogens is 282 g/mol. The van der Waals surface area contributed by atoms with Gasteiger partial charge in [0.25, 0.3) is 0 Å². The molecule has 0 amide bonds. The number of fused-ring (bicyclic) bond motifs is 1. The van der Waals surface area contributed by atoms with Gasteiger partial charge >= 0.3 is 0 Å². The SMILES string of the molecule is CCCNc1ccc(Cl)c(CN2CCCC3CCCC32)n1. The van der Waals surface area contributed by atoms with E-state index >= 15 is 0 Å². The minimum Gasteiger partial charge on any atom is -0.370 e. The van der Waals surface area contributed by atoms with E-state index in [0.717, 1.165) is 48.0 Å². The number of likely N-dealkylation sites (tertiary alicyclic amines) is 1. The monoisotopic (exact) mass is 307 g/mol. The van der Waals surface area contributed by atoms with Crippen LogP contribution < -0.4 is 5.32 Å². The van der Waals surface area contributed by atoms with Gasteiger partial charge in [-0.25, -0.2) is 4.98 Å². The Morgan fingerprint density at radius 3 is 3.00 bits per heavy atom. The summed E-state index contributed by atoms with van der Waals surface area (Å²) in [4.78, 5) is 7.36. The first-order valence-electron chi connectivity index (χ1n) is 8.41. The van der Waals surface area contributed by atoms with Gasteiger partial charge in [-0.2, -0.15) is 0 Å². The van der Waals surface area contributed by atoms with Crippen LogP contribution in [0.4, 0.5) is 5.82 Å². The highest BCUT2D eigenvalue weighted by molar-refractivity contribution is 6.31. The highest BCUT2D eigenvalue weighted by Gasteiger charge is 2.35. The summed E-state index contributed by atoms with van der Waals surface area (Å²) in [5.41, 5.74) is 1.03. The van der Waals surface area contributed by atoms with Crippen molar-refractivity contribution in [2.45, 2.75) is 58.0 Å². The van der Waals surface area contributed by atoms with E-state index < -0.39 is 0 Å². The minimum absolute atomic E-state index is 0.767.